The van der Waals surface area contributed by atoms with Crippen LogP contribution < -0.4 is 0 Å². The van der Waals surface area contributed by atoms with Crippen molar-refractivity contribution < 1.29 is 9.90 Å². The largest absolute Gasteiger partial charge is 0.507 e. The van der Waals surface area contributed by atoms with Gasteiger partial charge in [0.25, 0.3) is 0 Å². The lowest BCUT2D eigenvalue weighted by Gasteiger charge is -2.10. The van der Waals surface area contributed by atoms with Gasteiger partial charge in [-0.2, -0.15) is 0 Å². The lowest BCUT2D eigenvalue weighted by atomic mass is 9.98. The molecule has 27 heavy (non-hydrogen) atoms. The number of aromatic amines is 1. The molecule has 0 aliphatic heterocycles. The molecule has 3 rings (SSSR count). The maximum atomic E-state index is 12.7. The summed E-state index contributed by atoms with van der Waals surface area (Å²) < 4.78 is 0. The summed E-state index contributed by atoms with van der Waals surface area (Å²) in [6.45, 7) is 5.58. The normalized spacial score (nSPS) is 12.6. The minimum Gasteiger partial charge on any atom is -0.507 e. The molecule has 0 bridgehead atoms. The zero-order valence-corrected chi connectivity index (χ0v) is 16.1. The number of hydrogen-bond acceptors (Lipinski definition) is 3. The predicted octanol–water partition coefficient (Wildman–Crippen LogP) is 4.97. The number of carbonyl (C=O) groups is 1. The predicted molar refractivity (Wildman–Crippen MR) is 112 cm³/mol. The van der Waals surface area contributed by atoms with Gasteiger partial charge >= 0.3 is 0 Å². The van der Waals surface area contributed by atoms with Crippen LogP contribution in [0.1, 0.15) is 35.7 Å². The number of para-hydroxylation sites is 1. The fourth-order valence-electron chi connectivity index (χ4n) is 3.23. The molecular weight excluding hydrogens is 336 g/mol. The Bertz CT molecular complexity index is 1010. The molecule has 0 atom stereocenters. The van der Waals surface area contributed by atoms with Gasteiger partial charge in [-0.15, -0.1) is 0 Å². The third kappa shape index (κ3) is 3.70. The van der Waals surface area contributed by atoms with Crippen LogP contribution in [0.25, 0.3) is 16.5 Å². The number of hydrogen-bond donors (Lipinski definition) is 2. The Morgan fingerprint density at radius 1 is 1.15 bits per heavy atom. The first kappa shape index (κ1) is 18.6. The van der Waals surface area contributed by atoms with Crippen LogP contribution in [0.15, 0.2) is 53.5 Å². The van der Waals surface area contributed by atoms with E-state index in [2.05, 4.69) is 9.98 Å². The molecule has 1 aromatic heterocycles. The number of ketones is 1. The molecule has 0 aliphatic rings. The molecule has 0 radical (unpaired) electrons. The van der Waals surface area contributed by atoms with Gasteiger partial charge in [0.2, 0.25) is 0 Å². The van der Waals surface area contributed by atoms with Crippen molar-refractivity contribution in [3.8, 4) is 5.75 Å². The second-order valence-corrected chi connectivity index (χ2v) is 6.67. The minimum absolute atomic E-state index is 0.0509. The third-order valence-corrected chi connectivity index (χ3v) is 4.75. The van der Waals surface area contributed by atoms with Gasteiger partial charge in [-0.3, -0.25) is 9.79 Å². The number of aromatic nitrogens is 1. The second-order valence-electron chi connectivity index (χ2n) is 6.67. The number of H-pyrrole nitrogens is 1. The summed E-state index contributed by atoms with van der Waals surface area (Å²) >= 11 is 0. The highest BCUT2D eigenvalue weighted by atomic mass is 16.3. The number of phenolic OH excluding ortho intramolecular Hbond substituents is 1. The Kier molecular flexibility index (Phi) is 5.26. The second kappa shape index (κ2) is 7.62. The first-order chi connectivity index (χ1) is 12.9. The molecule has 0 unspecified atom stereocenters. The van der Waals surface area contributed by atoms with Crippen LogP contribution in [-0.4, -0.2) is 28.6 Å². The Morgan fingerprint density at radius 2 is 1.81 bits per heavy atom. The summed E-state index contributed by atoms with van der Waals surface area (Å²) in [7, 11) is 1.71. The average molecular weight is 360 g/mol. The number of rotatable bonds is 5. The lowest BCUT2D eigenvalue weighted by molar-refractivity contribution is -0.113. The average Bonchev–Trinajstić information content (AvgIpc) is 3.09. The maximum absolute atomic E-state index is 12.7. The third-order valence-electron chi connectivity index (χ3n) is 4.75. The molecule has 2 aromatic carbocycles. The molecule has 0 fully saturated rings. The number of nitrogens with one attached hydrogen (secondary N) is 1. The quantitative estimate of drug-likeness (QED) is 0.498. The number of aromatic hydroxyl groups is 1. The Labute approximate surface area is 159 Å². The molecule has 3 aromatic rings. The highest BCUT2D eigenvalue weighted by Gasteiger charge is 2.15. The van der Waals surface area contributed by atoms with Crippen molar-refractivity contribution in [2.45, 2.75) is 27.2 Å². The monoisotopic (exact) mass is 360 g/mol. The van der Waals surface area contributed by atoms with Gasteiger partial charge in [-0.25, -0.2) is 0 Å². The van der Waals surface area contributed by atoms with Crippen LogP contribution in [0.5, 0.6) is 5.75 Å². The first-order valence-electron chi connectivity index (χ1n) is 9.05. The molecule has 0 aliphatic carbocycles. The van der Waals surface area contributed by atoms with Crippen LogP contribution in [0.4, 0.5) is 0 Å². The van der Waals surface area contributed by atoms with Crippen molar-refractivity contribution in [2.75, 3.05) is 7.05 Å². The van der Waals surface area contributed by atoms with Gasteiger partial charge < -0.3 is 10.1 Å². The smallest absolute Gasteiger partial charge is 0.164 e. The number of nitrogens with zero attached hydrogens (tertiary/aromatic N) is 1. The van der Waals surface area contributed by atoms with Gasteiger partial charge in [-0.05, 0) is 55.3 Å². The molecule has 2 N–H and O–H groups in total. The van der Waals surface area contributed by atoms with E-state index in [0.29, 0.717) is 23.5 Å². The van der Waals surface area contributed by atoms with E-state index < -0.39 is 0 Å². The number of phenols is 1. The highest BCUT2D eigenvalue weighted by Crippen LogP contribution is 2.26. The van der Waals surface area contributed by atoms with Gasteiger partial charge in [0.1, 0.15) is 5.75 Å². The van der Waals surface area contributed by atoms with Crippen LogP contribution in [0, 0.1) is 13.8 Å². The molecule has 138 valence electrons. The van der Waals surface area contributed by atoms with Crippen molar-refractivity contribution in [1.29, 1.82) is 0 Å². The van der Waals surface area contributed by atoms with E-state index in [4.69, 9.17) is 0 Å². The van der Waals surface area contributed by atoms with Crippen molar-refractivity contribution in [3.05, 3.63) is 70.9 Å². The summed E-state index contributed by atoms with van der Waals surface area (Å²) in [4.78, 5) is 20.4. The van der Waals surface area contributed by atoms with E-state index in [0.717, 1.165) is 33.3 Å². The molecule has 0 saturated carbocycles. The van der Waals surface area contributed by atoms with Crippen LogP contribution in [0.3, 0.4) is 0 Å². The van der Waals surface area contributed by atoms with E-state index in [1.54, 1.807) is 7.05 Å². The first-order valence-corrected chi connectivity index (χ1v) is 9.05. The van der Waals surface area contributed by atoms with Gasteiger partial charge in [0, 0.05) is 35.5 Å². The van der Waals surface area contributed by atoms with Crippen LogP contribution in [0.2, 0.25) is 0 Å². The molecular formula is C23H24N2O2. The van der Waals surface area contributed by atoms with Gasteiger partial charge in [0.05, 0.1) is 11.4 Å². The Morgan fingerprint density at radius 3 is 2.41 bits per heavy atom. The zero-order chi connectivity index (χ0) is 19.6. The number of fused-ring (bicyclic) bond motifs is 1. The number of aryl methyl sites for hydroxylation is 2. The summed E-state index contributed by atoms with van der Waals surface area (Å²) in [6, 6.07) is 13.7. The maximum Gasteiger partial charge on any atom is 0.164 e. The Balaban J connectivity index is 2.13. The number of Topliss-reactive ketones (excluding diaryl/α,β-unsaturated/α-hetero) is 1. The molecule has 0 saturated heterocycles. The SMILES string of the molecule is CCC(=O)/C(=C\C(=NC)c1cc(C)c(O)c(C)c1)c1cc2ccccc2[nH]1. The molecule has 0 amide bonds. The van der Waals surface area contributed by atoms with Crippen molar-refractivity contribution in [1.82, 2.24) is 4.98 Å². The van der Waals surface area contributed by atoms with E-state index in [9.17, 15) is 9.90 Å². The fraction of sp³-hybridized carbons (Fsp3) is 0.217. The topological polar surface area (TPSA) is 65.4 Å². The molecule has 0 spiro atoms. The summed E-state index contributed by atoms with van der Waals surface area (Å²) in [5, 5.41) is 11.1. The van der Waals surface area contributed by atoms with E-state index >= 15 is 0 Å². The molecule has 4 nitrogen and oxygen atoms in total. The summed E-state index contributed by atoms with van der Waals surface area (Å²) in [6.07, 6.45) is 2.24. The van der Waals surface area contributed by atoms with E-state index in [-0.39, 0.29) is 5.78 Å². The summed E-state index contributed by atoms with van der Waals surface area (Å²) in [5.41, 5.74) is 5.55. The standard InChI is InChI=1S/C23H24N2O2/c1-5-22(26)18(21-12-16-8-6-7-9-19(16)25-21)13-20(24-4)17-10-14(2)23(27)15(3)11-17/h6-13,25,27H,5H2,1-4H3/b18-13-,24-20?. The number of benzene rings is 2. The fourth-order valence-corrected chi connectivity index (χ4v) is 3.23. The number of allylic oxidation sites excluding steroid dienone is 2. The Hall–Kier alpha value is -3.14. The van der Waals surface area contributed by atoms with Crippen molar-refractivity contribution in [2.24, 2.45) is 4.99 Å². The van der Waals surface area contributed by atoms with E-state index in [1.807, 2.05) is 69.3 Å². The van der Waals surface area contributed by atoms with Gasteiger partial charge in [0.15, 0.2) is 5.78 Å². The number of carbonyl (C=O) groups excluding carboxylic acids is 1. The van der Waals surface area contributed by atoms with Gasteiger partial charge in [-0.1, -0.05) is 25.1 Å². The lowest BCUT2D eigenvalue weighted by Crippen LogP contribution is -2.06. The minimum atomic E-state index is 0.0509. The summed E-state index contributed by atoms with van der Waals surface area (Å²) in [5.74, 6) is 0.341. The van der Waals surface area contributed by atoms with Crippen LogP contribution >= 0.6 is 0 Å². The zero-order valence-electron chi connectivity index (χ0n) is 16.1. The van der Waals surface area contributed by atoms with Crippen molar-refractivity contribution in [3.63, 3.8) is 0 Å². The number of aliphatic imine (C=N–C) groups is 1. The highest BCUT2D eigenvalue weighted by molar-refractivity contribution is 6.27. The molecule has 1 heterocycles. The van der Waals surface area contributed by atoms with Crippen LogP contribution in [-0.2, 0) is 4.79 Å². The van der Waals surface area contributed by atoms with Crippen molar-refractivity contribution >= 4 is 28.0 Å². The molecule has 4 heteroatoms. The van der Waals surface area contributed by atoms with E-state index in [1.165, 1.54) is 0 Å².